The molecule has 1 aliphatic carbocycles. The number of aromatic nitrogens is 2. The molecule has 1 aromatic heterocycles. The molecule has 2 rings (SSSR count). The van der Waals surface area contributed by atoms with Crippen LogP contribution in [0.2, 0.25) is 0 Å². The summed E-state index contributed by atoms with van der Waals surface area (Å²) in [4.78, 5) is 2.63. The largest absolute Gasteiger partial charge is 0.389 e. The molecule has 0 amide bonds. The maximum Gasteiger partial charge on any atom is 0.159 e. The van der Waals surface area contributed by atoms with E-state index in [1.807, 2.05) is 0 Å². The lowest BCUT2D eigenvalue weighted by atomic mass is 9.75. The van der Waals surface area contributed by atoms with Crippen LogP contribution < -0.4 is 11.1 Å². The normalized spacial score (nSPS) is 17.3. The van der Waals surface area contributed by atoms with Gasteiger partial charge in [-0.1, -0.05) is 12.2 Å². The molecule has 0 atom stereocenters. The fourth-order valence-electron chi connectivity index (χ4n) is 2.28. The molecule has 3 N–H and O–H groups in total. The van der Waals surface area contributed by atoms with Crippen LogP contribution in [0.15, 0.2) is 12.3 Å². The molecule has 0 spiro atoms. The second kappa shape index (κ2) is 5.16. The van der Waals surface area contributed by atoms with Gasteiger partial charge in [-0.15, -0.1) is 5.10 Å². The van der Waals surface area contributed by atoms with Gasteiger partial charge in [0.15, 0.2) is 5.82 Å². The van der Waals surface area contributed by atoms with Gasteiger partial charge in [0.1, 0.15) is 4.99 Å². The Morgan fingerprint density at radius 3 is 2.78 bits per heavy atom. The van der Waals surface area contributed by atoms with Crippen molar-refractivity contribution in [2.75, 3.05) is 26.0 Å². The highest BCUT2D eigenvalue weighted by atomic mass is 32.1. The SMILES string of the molecule is CN(C)C1(CNc2nnccc2C(N)=S)CCC1. The fraction of sp³-hybridized carbons (Fsp3) is 0.583. The molecule has 1 aliphatic rings. The second-order valence-electron chi connectivity index (χ2n) is 4.98. The topological polar surface area (TPSA) is 67.1 Å². The molecular formula is C12H19N5S. The van der Waals surface area contributed by atoms with Crippen LogP contribution in [0.25, 0.3) is 0 Å². The first-order chi connectivity index (χ1) is 8.55. The number of nitrogens with two attached hydrogens (primary N) is 1. The van der Waals surface area contributed by atoms with E-state index in [4.69, 9.17) is 18.0 Å². The van der Waals surface area contributed by atoms with Crippen molar-refractivity contribution in [1.82, 2.24) is 15.1 Å². The number of rotatable bonds is 5. The summed E-state index contributed by atoms with van der Waals surface area (Å²) in [6.07, 6.45) is 5.29. The molecule has 0 radical (unpaired) electrons. The van der Waals surface area contributed by atoms with Gasteiger partial charge < -0.3 is 16.0 Å². The van der Waals surface area contributed by atoms with E-state index in [1.165, 1.54) is 19.3 Å². The van der Waals surface area contributed by atoms with Crippen LogP contribution in [-0.4, -0.2) is 46.3 Å². The Bertz CT molecular complexity index is 442. The molecule has 0 aromatic carbocycles. The number of nitrogens with one attached hydrogen (secondary N) is 1. The third kappa shape index (κ3) is 2.44. The van der Waals surface area contributed by atoms with Crippen LogP contribution in [0.4, 0.5) is 5.82 Å². The molecule has 5 nitrogen and oxygen atoms in total. The van der Waals surface area contributed by atoms with Crippen molar-refractivity contribution < 1.29 is 0 Å². The summed E-state index contributed by atoms with van der Waals surface area (Å²) < 4.78 is 0. The zero-order valence-corrected chi connectivity index (χ0v) is 11.6. The zero-order chi connectivity index (χ0) is 13.2. The van der Waals surface area contributed by atoms with E-state index in [0.717, 1.165) is 12.1 Å². The highest BCUT2D eigenvalue weighted by Gasteiger charge is 2.38. The predicted octanol–water partition coefficient (Wildman–Crippen LogP) is 1.01. The van der Waals surface area contributed by atoms with Gasteiger partial charge in [0.25, 0.3) is 0 Å². The van der Waals surface area contributed by atoms with Crippen LogP contribution in [0, 0.1) is 0 Å². The Hall–Kier alpha value is -1.27. The van der Waals surface area contributed by atoms with E-state index >= 15 is 0 Å². The molecule has 0 aliphatic heterocycles. The van der Waals surface area contributed by atoms with Gasteiger partial charge in [-0.05, 0) is 39.4 Å². The van der Waals surface area contributed by atoms with Crippen molar-refractivity contribution >= 4 is 23.0 Å². The van der Waals surface area contributed by atoms with E-state index < -0.39 is 0 Å². The number of anilines is 1. The quantitative estimate of drug-likeness (QED) is 0.775. The molecule has 1 aromatic rings. The first-order valence-electron chi connectivity index (χ1n) is 6.08. The van der Waals surface area contributed by atoms with Crippen LogP contribution in [0.3, 0.4) is 0 Å². The third-order valence-corrected chi connectivity index (χ3v) is 4.02. The summed E-state index contributed by atoms with van der Waals surface area (Å²) in [5.41, 5.74) is 6.66. The highest BCUT2D eigenvalue weighted by Crippen LogP contribution is 2.36. The monoisotopic (exact) mass is 265 g/mol. The van der Waals surface area contributed by atoms with Crippen LogP contribution in [0.1, 0.15) is 24.8 Å². The average molecular weight is 265 g/mol. The fourth-order valence-corrected chi connectivity index (χ4v) is 2.44. The highest BCUT2D eigenvalue weighted by molar-refractivity contribution is 7.80. The van der Waals surface area contributed by atoms with Crippen LogP contribution in [-0.2, 0) is 0 Å². The molecule has 1 fully saturated rings. The first kappa shape index (κ1) is 13.2. The Morgan fingerprint density at radius 1 is 1.56 bits per heavy atom. The average Bonchev–Trinajstić information content (AvgIpc) is 2.27. The summed E-state index contributed by atoms with van der Waals surface area (Å²) in [7, 11) is 4.23. The zero-order valence-electron chi connectivity index (χ0n) is 10.8. The van der Waals surface area contributed by atoms with Crippen molar-refractivity contribution in [2.45, 2.75) is 24.8 Å². The van der Waals surface area contributed by atoms with Crippen molar-refractivity contribution in [3.8, 4) is 0 Å². The van der Waals surface area contributed by atoms with Gasteiger partial charge in [-0.25, -0.2) is 0 Å². The molecule has 1 saturated carbocycles. The Morgan fingerprint density at radius 2 is 2.28 bits per heavy atom. The Labute approximate surface area is 113 Å². The van der Waals surface area contributed by atoms with Crippen molar-refractivity contribution in [2.24, 2.45) is 5.73 Å². The number of thiocarbonyl (C=S) groups is 1. The first-order valence-corrected chi connectivity index (χ1v) is 6.49. The van der Waals surface area contributed by atoms with Crippen molar-refractivity contribution in [1.29, 1.82) is 0 Å². The van der Waals surface area contributed by atoms with Crippen molar-refractivity contribution in [3.05, 3.63) is 17.8 Å². The molecule has 1 heterocycles. The Kier molecular flexibility index (Phi) is 3.77. The summed E-state index contributed by atoms with van der Waals surface area (Å²) in [6.45, 7) is 0.842. The molecule has 18 heavy (non-hydrogen) atoms. The molecule has 0 bridgehead atoms. The lowest BCUT2D eigenvalue weighted by molar-refractivity contribution is 0.0738. The van der Waals surface area contributed by atoms with E-state index in [1.54, 1.807) is 12.3 Å². The number of likely N-dealkylation sites (N-methyl/N-ethyl adjacent to an activating group) is 1. The predicted molar refractivity (Wildman–Crippen MR) is 76.7 cm³/mol. The van der Waals surface area contributed by atoms with Crippen LogP contribution in [0.5, 0.6) is 0 Å². The van der Waals surface area contributed by atoms with E-state index in [0.29, 0.717) is 10.8 Å². The summed E-state index contributed by atoms with van der Waals surface area (Å²) in [6, 6.07) is 1.79. The lowest BCUT2D eigenvalue weighted by Gasteiger charge is -2.47. The van der Waals surface area contributed by atoms with E-state index in [-0.39, 0.29) is 5.54 Å². The van der Waals surface area contributed by atoms with E-state index in [2.05, 4.69) is 34.5 Å². The number of hydrogen-bond acceptors (Lipinski definition) is 5. The van der Waals surface area contributed by atoms with E-state index in [9.17, 15) is 0 Å². The van der Waals surface area contributed by atoms with Gasteiger partial charge >= 0.3 is 0 Å². The van der Waals surface area contributed by atoms with Gasteiger partial charge in [0.2, 0.25) is 0 Å². The van der Waals surface area contributed by atoms with Gasteiger partial charge in [0, 0.05) is 12.1 Å². The molecular weight excluding hydrogens is 246 g/mol. The standard InChI is InChI=1S/C12H19N5S/c1-17(2)12(5-3-6-12)8-14-11-9(10(13)18)4-7-15-16-11/h4,7H,3,5-6,8H2,1-2H3,(H2,13,18)(H,14,16). The molecule has 0 saturated heterocycles. The molecule has 0 unspecified atom stereocenters. The summed E-state index contributed by atoms with van der Waals surface area (Å²) >= 11 is 5.01. The minimum atomic E-state index is 0.227. The Balaban J connectivity index is 2.08. The van der Waals surface area contributed by atoms with Gasteiger partial charge in [-0.2, -0.15) is 5.10 Å². The molecule has 6 heteroatoms. The number of nitrogens with zero attached hydrogens (tertiary/aromatic N) is 3. The number of hydrogen-bond donors (Lipinski definition) is 2. The lowest BCUT2D eigenvalue weighted by Crippen LogP contribution is -2.54. The second-order valence-corrected chi connectivity index (χ2v) is 5.42. The minimum Gasteiger partial charge on any atom is -0.389 e. The van der Waals surface area contributed by atoms with Gasteiger partial charge in [0.05, 0.1) is 11.8 Å². The van der Waals surface area contributed by atoms with Crippen LogP contribution >= 0.6 is 12.2 Å². The summed E-state index contributed by atoms with van der Waals surface area (Å²) in [5.74, 6) is 0.679. The maximum atomic E-state index is 5.67. The maximum absolute atomic E-state index is 5.67. The van der Waals surface area contributed by atoms with Crippen molar-refractivity contribution in [3.63, 3.8) is 0 Å². The third-order valence-electron chi connectivity index (χ3n) is 3.80. The smallest absolute Gasteiger partial charge is 0.159 e. The van der Waals surface area contributed by atoms with Gasteiger partial charge in [-0.3, -0.25) is 0 Å². The minimum absolute atomic E-state index is 0.227. The molecule has 98 valence electrons. The summed E-state index contributed by atoms with van der Waals surface area (Å²) in [5, 5.41) is 11.3.